The standard InChI is InChI=1S/C20H32N4O.HI/c1-4-6-13-23(3)20(21-5-2)22-15-17-9-11-18(12-10-17)16-24-14-7-8-19(24)25;/h9-12H,4-8,13-16H2,1-3H3,(H,21,22);1H. The van der Waals surface area contributed by atoms with Gasteiger partial charge in [-0.1, -0.05) is 37.6 Å². The fraction of sp³-hybridized carbons (Fsp3) is 0.600. The van der Waals surface area contributed by atoms with E-state index in [0.717, 1.165) is 38.6 Å². The number of carbonyl (C=O) groups is 1. The lowest BCUT2D eigenvalue weighted by atomic mass is 10.1. The highest BCUT2D eigenvalue weighted by Crippen LogP contribution is 2.15. The third-order valence-corrected chi connectivity index (χ3v) is 4.52. The maximum atomic E-state index is 11.7. The highest BCUT2D eigenvalue weighted by Gasteiger charge is 2.19. The smallest absolute Gasteiger partial charge is 0.222 e. The summed E-state index contributed by atoms with van der Waals surface area (Å²) in [6.45, 7) is 8.48. The number of rotatable bonds is 8. The Morgan fingerprint density at radius 2 is 1.92 bits per heavy atom. The fourth-order valence-corrected chi connectivity index (χ4v) is 2.98. The normalized spacial score (nSPS) is 14.3. The Kier molecular flexibility index (Phi) is 10.6. The summed E-state index contributed by atoms with van der Waals surface area (Å²) in [7, 11) is 2.09. The van der Waals surface area contributed by atoms with E-state index in [2.05, 4.69) is 55.4 Å². The number of nitrogens with one attached hydrogen (secondary N) is 1. The molecule has 1 aliphatic rings. The molecule has 1 aromatic carbocycles. The van der Waals surface area contributed by atoms with Crippen molar-refractivity contribution in [1.29, 1.82) is 0 Å². The molecule has 1 heterocycles. The molecular weight excluding hydrogens is 439 g/mol. The van der Waals surface area contributed by atoms with Crippen LogP contribution in [-0.2, 0) is 17.9 Å². The second kappa shape index (κ2) is 12.1. The first kappa shape index (κ1) is 22.7. The van der Waals surface area contributed by atoms with E-state index >= 15 is 0 Å². The average Bonchev–Trinajstić information content (AvgIpc) is 3.02. The second-order valence-corrected chi connectivity index (χ2v) is 6.68. The number of nitrogens with zero attached hydrogens (tertiary/aromatic N) is 3. The van der Waals surface area contributed by atoms with Crippen LogP contribution in [0.3, 0.4) is 0 Å². The largest absolute Gasteiger partial charge is 0.357 e. The molecule has 1 amide bonds. The van der Waals surface area contributed by atoms with Crippen LogP contribution in [0.25, 0.3) is 0 Å². The van der Waals surface area contributed by atoms with Crippen molar-refractivity contribution in [1.82, 2.24) is 15.1 Å². The van der Waals surface area contributed by atoms with E-state index < -0.39 is 0 Å². The van der Waals surface area contributed by atoms with Crippen molar-refractivity contribution < 1.29 is 4.79 Å². The Hall–Kier alpha value is -1.31. The molecule has 5 nitrogen and oxygen atoms in total. The van der Waals surface area contributed by atoms with Gasteiger partial charge in [-0.3, -0.25) is 4.79 Å². The van der Waals surface area contributed by atoms with Gasteiger partial charge in [-0.15, -0.1) is 24.0 Å². The summed E-state index contributed by atoms with van der Waals surface area (Å²) in [6, 6.07) is 8.47. The van der Waals surface area contributed by atoms with E-state index in [0.29, 0.717) is 13.0 Å². The molecule has 1 N–H and O–H groups in total. The molecular formula is C20H33IN4O. The molecule has 0 unspecified atom stereocenters. The summed E-state index contributed by atoms with van der Waals surface area (Å²) in [6.07, 6.45) is 4.05. The van der Waals surface area contributed by atoms with Crippen molar-refractivity contribution in [2.24, 2.45) is 4.99 Å². The van der Waals surface area contributed by atoms with Gasteiger partial charge in [0.1, 0.15) is 0 Å². The first-order valence-corrected chi connectivity index (χ1v) is 9.49. The van der Waals surface area contributed by atoms with Crippen molar-refractivity contribution >= 4 is 35.8 Å². The number of guanidine groups is 1. The molecule has 1 aromatic rings. The number of likely N-dealkylation sites (tertiary alicyclic amines) is 1. The molecule has 0 atom stereocenters. The molecule has 0 radical (unpaired) electrons. The number of halogens is 1. The molecule has 0 saturated carbocycles. The van der Waals surface area contributed by atoms with Gasteiger partial charge < -0.3 is 15.1 Å². The molecule has 146 valence electrons. The average molecular weight is 472 g/mol. The summed E-state index contributed by atoms with van der Waals surface area (Å²) in [5, 5.41) is 3.36. The van der Waals surface area contributed by atoms with Crippen molar-refractivity contribution in [3.63, 3.8) is 0 Å². The fourth-order valence-electron chi connectivity index (χ4n) is 2.98. The number of carbonyl (C=O) groups excluding carboxylic acids is 1. The lowest BCUT2D eigenvalue weighted by molar-refractivity contribution is -0.128. The topological polar surface area (TPSA) is 47.9 Å². The quantitative estimate of drug-likeness (QED) is 0.357. The van der Waals surface area contributed by atoms with Gasteiger partial charge >= 0.3 is 0 Å². The predicted octanol–water partition coefficient (Wildman–Crippen LogP) is 3.62. The van der Waals surface area contributed by atoms with Gasteiger partial charge in [0.2, 0.25) is 5.91 Å². The van der Waals surface area contributed by atoms with Gasteiger partial charge in [-0.2, -0.15) is 0 Å². The summed E-state index contributed by atoms with van der Waals surface area (Å²) in [5.41, 5.74) is 2.38. The maximum Gasteiger partial charge on any atom is 0.222 e. The van der Waals surface area contributed by atoms with Crippen molar-refractivity contribution in [3.8, 4) is 0 Å². The van der Waals surface area contributed by atoms with Gasteiger partial charge in [0.15, 0.2) is 5.96 Å². The first-order valence-electron chi connectivity index (χ1n) is 9.49. The molecule has 0 aliphatic carbocycles. The molecule has 2 rings (SSSR count). The molecule has 0 bridgehead atoms. The van der Waals surface area contributed by atoms with Gasteiger partial charge in [0, 0.05) is 39.6 Å². The first-order chi connectivity index (χ1) is 12.1. The zero-order valence-corrected chi connectivity index (χ0v) is 18.7. The zero-order valence-electron chi connectivity index (χ0n) is 16.3. The Balaban J connectivity index is 0.00000338. The van der Waals surface area contributed by atoms with E-state index in [1.807, 2.05) is 4.90 Å². The zero-order chi connectivity index (χ0) is 18.1. The lowest BCUT2D eigenvalue weighted by Crippen LogP contribution is -2.39. The molecule has 1 aliphatic heterocycles. The number of benzene rings is 1. The van der Waals surface area contributed by atoms with E-state index in [1.165, 1.54) is 24.0 Å². The number of hydrogen-bond acceptors (Lipinski definition) is 2. The van der Waals surface area contributed by atoms with Crippen LogP contribution in [0.5, 0.6) is 0 Å². The van der Waals surface area contributed by atoms with Crippen molar-refractivity contribution in [2.75, 3.05) is 26.7 Å². The molecule has 26 heavy (non-hydrogen) atoms. The Labute approximate surface area is 175 Å². The van der Waals surface area contributed by atoms with Crippen LogP contribution in [-0.4, -0.2) is 48.3 Å². The van der Waals surface area contributed by atoms with Crippen LogP contribution in [0.2, 0.25) is 0 Å². The van der Waals surface area contributed by atoms with Crippen LogP contribution in [0.1, 0.15) is 50.7 Å². The highest BCUT2D eigenvalue weighted by molar-refractivity contribution is 14.0. The molecule has 0 aromatic heterocycles. The van der Waals surface area contributed by atoms with Crippen LogP contribution >= 0.6 is 24.0 Å². The summed E-state index contributed by atoms with van der Waals surface area (Å²) in [5.74, 6) is 1.24. The van der Waals surface area contributed by atoms with E-state index in [9.17, 15) is 4.79 Å². The van der Waals surface area contributed by atoms with E-state index in [1.54, 1.807) is 0 Å². The van der Waals surface area contributed by atoms with Crippen LogP contribution in [0, 0.1) is 0 Å². The SMILES string of the molecule is CCCCN(C)C(=NCc1ccc(CN2CCCC2=O)cc1)NCC.I. The van der Waals surface area contributed by atoms with Gasteiger partial charge in [-0.25, -0.2) is 4.99 Å². The minimum atomic E-state index is 0. The molecule has 6 heteroatoms. The summed E-state index contributed by atoms with van der Waals surface area (Å²) >= 11 is 0. The molecule has 1 saturated heterocycles. The highest BCUT2D eigenvalue weighted by atomic mass is 127. The number of hydrogen-bond donors (Lipinski definition) is 1. The number of aliphatic imine (C=N–C) groups is 1. The third kappa shape index (κ3) is 7.13. The van der Waals surface area contributed by atoms with Gasteiger partial charge in [-0.05, 0) is 30.9 Å². The minimum absolute atomic E-state index is 0. The minimum Gasteiger partial charge on any atom is -0.357 e. The van der Waals surface area contributed by atoms with Crippen LogP contribution < -0.4 is 5.32 Å². The van der Waals surface area contributed by atoms with Crippen LogP contribution in [0.4, 0.5) is 0 Å². The summed E-state index contributed by atoms with van der Waals surface area (Å²) < 4.78 is 0. The third-order valence-electron chi connectivity index (χ3n) is 4.52. The lowest BCUT2D eigenvalue weighted by Gasteiger charge is -2.21. The Morgan fingerprint density at radius 1 is 1.23 bits per heavy atom. The summed E-state index contributed by atoms with van der Waals surface area (Å²) in [4.78, 5) is 20.6. The van der Waals surface area contributed by atoms with Gasteiger partial charge in [0.25, 0.3) is 0 Å². The Morgan fingerprint density at radius 3 is 2.50 bits per heavy atom. The maximum absolute atomic E-state index is 11.7. The monoisotopic (exact) mass is 472 g/mol. The predicted molar refractivity (Wildman–Crippen MR) is 119 cm³/mol. The van der Waals surface area contributed by atoms with E-state index in [4.69, 9.17) is 4.99 Å². The van der Waals surface area contributed by atoms with Crippen molar-refractivity contribution in [2.45, 2.75) is 52.6 Å². The number of unbranched alkanes of at least 4 members (excludes halogenated alkanes) is 1. The van der Waals surface area contributed by atoms with Crippen LogP contribution in [0.15, 0.2) is 29.3 Å². The second-order valence-electron chi connectivity index (χ2n) is 6.68. The van der Waals surface area contributed by atoms with Crippen molar-refractivity contribution in [3.05, 3.63) is 35.4 Å². The van der Waals surface area contributed by atoms with E-state index in [-0.39, 0.29) is 29.9 Å². The Bertz CT molecular complexity index is 574. The van der Waals surface area contributed by atoms with Gasteiger partial charge in [0.05, 0.1) is 6.54 Å². The molecule has 0 spiro atoms. The number of amides is 1. The molecule has 1 fully saturated rings.